The molecule has 0 aliphatic carbocycles. The van der Waals surface area contributed by atoms with Crippen molar-refractivity contribution in [1.82, 2.24) is 0 Å². The molecule has 10 rings (SSSR count). The van der Waals surface area contributed by atoms with E-state index >= 15 is 0 Å². The van der Waals surface area contributed by atoms with E-state index in [2.05, 4.69) is 229 Å². The zero-order valence-corrected chi connectivity index (χ0v) is 30.3. The third kappa shape index (κ3) is 6.02. The smallest absolute Gasteiger partial charge is 0.0540 e. The fourth-order valence-corrected chi connectivity index (χ4v) is 8.17. The van der Waals surface area contributed by atoms with Crippen LogP contribution in [0.3, 0.4) is 0 Å². The van der Waals surface area contributed by atoms with E-state index in [1.165, 1.54) is 76.8 Å². The molecule has 10 aromatic rings. The van der Waals surface area contributed by atoms with E-state index in [0.717, 1.165) is 17.1 Å². The highest BCUT2D eigenvalue weighted by Crippen LogP contribution is 2.46. The molecule has 1 heteroatoms. The fourth-order valence-electron chi connectivity index (χ4n) is 8.17. The van der Waals surface area contributed by atoms with Gasteiger partial charge < -0.3 is 4.90 Å². The summed E-state index contributed by atoms with van der Waals surface area (Å²) in [6.45, 7) is 0. The van der Waals surface area contributed by atoms with Crippen LogP contribution >= 0.6 is 0 Å². The first kappa shape index (κ1) is 32.4. The van der Waals surface area contributed by atoms with Gasteiger partial charge in [-0.05, 0) is 114 Å². The van der Waals surface area contributed by atoms with Gasteiger partial charge in [-0.25, -0.2) is 0 Å². The van der Waals surface area contributed by atoms with Crippen LogP contribution in [0.1, 0.15) is 0 Å². The second-order valence-electron chi connectivity index (χ2n) is 14.1. The minimum atomic E-state index is 1.09. The summed E-state index contributed by atoms with van der Waals surface area (Å²) in [4.78, 5) is 2.44. The third-order valence-electron chi connectivity index (χ3n) is 10.8. The molecule has 0 aliphatic rings. The normalized spacial score (nSPS) is 11.3. The molecule has 10 aromatic carbocycles. The number of fused-ring (bicyclic) bond motifs is 4. The van der Waals surface area contributed by atoms with Crippen LogP contribution in [0.25, 0.3) is 76.8 Å². The topological polar surface area (TPSA) is 3.24 Å². The molecule has 0 aromatic heterocycles. The zero-order valence-electron chi connectivity index (χ0n) is 30.3. The largest absolute Gasteiger partial charge is 0.310 e. The monoisotopic (exact) mass is 699 g/mol. The Balaban J connectivity index is 1.20. The van der Waals surface area contributed by atoms with E-state index in [4.69, 9.17) is 0 Å². The van der Waals surface area contributed by atoms with Crippen molar-refractivity contribution in [3.8, 4) is 44.5 Å². The van der Waals surface area contributed by atoms with Gasteiger partial charge in [0.15, 0.2) is 0 Å². The molecule has 0 radical (unpaired) electrons. The molecule has 0 bridgehead atoms. The van der Waals surface area contributed by atoms with Gasteiger partial charge >= 0.3 is 0 Å². The average Bonchev–Trinajstić information content (AvgIpc) is 3.27. The molecular weight excluding hydrogens is 663 g/mol. The lowest BCUT2D eigenvalue weighted by molar-refractivity contribution is 1.28. The van der Waals surface area contributed by atoms with Crippen molar-refractivity contribution in [3.63, 3.8) is 0 Å². The van der Waals surface area contributed by atoms with Gasteiger partial charge in [-0.3, -0.25) is 0 Å². The van der Waals surface area contributed by atoms with Gasteiger partial charge in [-0.1, -0.05) is 182 Å². The van der Waals surface area contributed by atoms with E-state index in [1.54, 1.807) is 0 Å². The maximum atomic E-state index is 2.44. The summed E-state index contributed by atoms with van der Waals surface area (Å²) in [5, 5.41) is 7.49. The number of para-hydroxylation sites is 1. The minimum absolute atomic E-state index is 1.09. The summed E-state index contributed by atoms with van der Waals surface area (Å²) in [6, 6.07) is 81.5. The van der Waals surface area contributed by atoms with E-state index in [1.807, 2.05) is 0 Å². The zero-order chi connectivity index (χ0) is 36.6. The van der Waals surface area contributed by atoms with E-state index in [0.29, 0.717) is 0 Å². The summed E-state index contributed by atoms with van der Waals surface area (Å²) >= 11 is 0. The van der Waals surface area contributed by atoms with Crippen LogP contribution in [0.5, 0.6) is 0 Å². The van der Waals surface area contributed by atoms with E-state index in [9.17, 15) is 0 Å². The van der Waals surface area contributed by atoms with Crippen molar-refractivity contribution in [2.75, 3.05) is 4.90 Å². The molecule has 0 saturated heterocycles. The highest BCUT2D eigenvalue weighted by Gasteiger charge is 2.21. The summed E-state index contributed by atoms with van der Waals surface area (Å²) in [7, 11) is 0. The Hall–Kier alpha value is -7.22. The Morgan fingerprint density at radius 3 is 1.56 bits per heavy atom. The summed E-state index contributed by atoms with van der Waals surface area (Å²) in [6.07, 6.45) is 0. The molecule has 0 saturated carbocycles. The number of hydrogen-bond donors (Lipinski definition) is 0. The average molecular weight is 700 g/mol. The lowest BCUT2D eigenvalue weighted by Crippen LogP contribution is -2.11. The molecule has 0 amide bonds. The van der Waals surface area contributed by atoms with E-state index in [-0.39, 0.29) is 0 Å². The van der Waals surface area contributed by atoms with Crippen molar-refractivity contribution in [2.45, 2.75) is 0 Å². The summed E-state index contributed by atoms with van der Waals surface area (Å²) < 4.78 is 0. The van der Waals surface area contributed by atoms with Crippen LogP contribution in [0.2, 0.25) is 0 Å². The molecule has 1 nitrogen and oxygen atoms in total. The Morgan fingerprint density at radius 1 is 0.236 bits per heavy atom. The molecule has 0 atom stereocenters. The van der Waals surface area contributed by atoms with Crippen molar-refractivity contribution < 1.29 is 0 Å². The number of anilines is 3. The van der Waals surface area contributed by atoms with Gasteiger partial charge in [-0.2, -0.15) is 0 Å². The minimum Gasteiger partial charge on any atom is -0.310 e. The number of benzene rings is 10. The quantitative estimate of drug-likeness (QED) is 0.150. The number of rotatable bonds is 7. The molecule has 0 fully saturated rings. The predicted octanol–water partition coefficient (Wildman–Crippen LogP) is 15.3. The Morgan fingerprint density at radius 2 is 0.800 bits per heavy atom. The van der Waals surface area contributed by atoms with Crippen molar-refractivity contribution in [3.05, 3.63) is 224 Å². The van der Waals surface area contributed by atoms with Gasteiger partial charge in [-0.15, -0.1) is 0 Å². The Kier molecular flexibility index (Phi) is 8.24. The Bertz CT molecular complexity index is 2960. The van der Waals surface area contributed by atoms with Crippen LogP contribution in [0, 0.1) is 0 Å². The lowest BCUT2D eigenvalue weighted by atomic mass is 9.91. The van der Waals surface area contributed by atoms with Gasteiger partial charge in [0, 0.05) is 16.9 Å². The van der Waals surface area contributed by atoms with Crippen molar-refractivity contribution in [2.24, 2.45) is 0 Å². The van der Waals surface area contributed by atoms with Crippen LogP contribution in [0.15, 0.2) is 224 Å². The van der Waals surface area contributed by atoms with Crippen LogP contribution in [0.4, 0.5) is 17.1 Å². The second kappa shape index (κ2) is 14.0. The molecular formula is C54H37N. The van der Waals surface area contributed by atoms with Crippen LogP contribution in [-0.4, -0.2) is 0 Å². The standard InChI is InChI=1S/C54H37N/c1-3-16-40(17-4-1)48-34-33-46(37-52(48)41-18-5-2-6-19-41)55(45-31-29-39(30-32-45)43-28-27-38-15-7-8-20-42(38)35-43)54-26-14-13-25-51(54)53-36-44-21-9-10-22-47(44)49-23-11-12-24-50(49)53/h1-37H. The SMILES string of the molecule is c1ccc(-c2ccc(N(c3ccc(-c4ccc5ccccc5c4)cc3)c3ccccc3-c3cc4ccccc4c4ccccc34)cc2-c2ccccc2)cc1. The van der Waals surface area contributed by atoms with Crippen molar-refractivity contribution in [1.29, 1.82) is 0 Å². The second-order valence-corrected chi connectivity index (χ2v) is 14.1. The van der Waals surface area contributed by atoms with Gasteiger partial charge in [0.1, 0.15) is 0 Å². The van der Waals surface area contributed by atoms with Crippen LogP contribution < -0.4 is 4.90 Å². The molecule has 0 aliphatic heterocycles. The third-order valence-corrected chi connectivity index (χ3v) is 10.8. The number of nitrogens with zero attached hydrogens (tertiary/aromatic N) is 1. The molecule has 55 heavy (non-hydrogen) atoms. The Labute approximate surface area is 322 Å². The van der Waals surface area contributed by atoms with Crippen LogP contribution in [-0.2, 0) is 0 Å². The molecule has 0 N–H and O–H groups in total. The molecule has 0 spiro atoms. The number of hydrogen-bond acceptors (Lipinski definition) is 1. The first-order chi connectivity index (χ1) is 27.3. The van der Waals surface area contributed by atoms with Gasteiger partial charge in [0.05, 0.1) is 5.69 Å². The molecule has 0 heterocycles. The first-order valence-electron chi connectivity index (χ1n) is 18.9. The maximum Gasteiger partial charge on any atom is 0.0540 e. The fraction of sp³-hybridized carbons (Fsp3) is 0. The molecule has 258 valence electrons. The first-order valence-corrected chi connectivity index (χ1v) is 18.9. The van der Waals surface area contributed by atoms with E-state index < -0.39 is 0 Å². The van der Waals surface area contributed by atoms with Gasteiger partial charge in [0.25, 0.3) is 0 Å². The predicted molar refractivity (Wildman–Crippen MR) is 235 cm³/mol. The highest BCUT2D eigenvalue weighted by atomic mass is 15.1. The summed E-state index contributed by atoms with van der Waals surface area (Å²) in [5.41, 5.74) is 12.9. The van der Waals surface area contributed by atoms with Crippen molar-refractivity contribution >= 4 is 49.4 Å². The van der Waals surface area contributed by atoms with Gasteiger partial charge in [0.2, 0.25) is 0 Å². The lowest BCUT2D eigenvalue weighted by Gasteiger charge is -2.29. The summed E-state index contributed by atoms with van der Waals surface area (Å²) in [5.74, 6) is 0. The molecule has 0 unspecified atom stereocenters. The maximum absolute atomic E-state index is 2.44. The highest BCUT2D eigenvalue weighted by molar-refractivity contribution is 6.15.